The van der Waals surface area contributed by atoms with E-state index >= 15 is 0 Å². The maximum absolute atomic E-state index is 13.8. The van der Waals surface area contributed by atoms with Crippen LogP contribution in [0.2, 0.25) is 0 Å². The predicted octanol–water partition coefficient (Wildman–Crippen LogP) is 14.1. The molecule has 2 aromatic heterocycles. The third-order valence-corrected chi connectivity index (χ3v) is 15.8. The number of anilines is 1. The van der Waals surface area contributed by atoms with Crippen molar-refractivity contribution in [3.05, 3.63) is 169 Å². The number of aliphatic hydroxyl groups is 1. The molecule has 13 nitrogen and oxygen atoms in total. The van der Waals surface area contributed by atoms with Gasteiger partial charge in [-0.15, -0.1) is 23.1 Å². The Kier molecular flexibility index (Phi) is 24.6. The summed E-state index contributed by atoms with van der Waals surface area (Å²) >= 11 is 2.68. The number of phenols is 1. The first-order valence-electron chi connectivity index (χ1n) is 26.2. The second-order valence-corrected chi connectivity index (χ2v) is 21.3. The van der Waals surface area contributed by atoms with E-state index in [2.05, 4.69) is 10.7 Å². The van der Waals surface area contributed by atoms with Gasteiger partial charge in [-0.25, -0.2) is 9.78 Å². The molecule has 1 amide bonds. The summed E-state index contributed by atoms with van der Waals surface area (Å²) in [6.07, 6.45) is 12.6. The van der Waals surface area contributed by atoms with Gasteiger partial charge in [0.2, 0.25) is 11.7 Å². The quantitative estimate of drug-likeness (QED) is 0.0119. The minimum absolute atomic E-state index is 0. The summed E-state index contributed by atoms with van der Waals surface area (Å²) in [6, 6.07) is 20.8. The van der Waals surface area contributed by atoms with Crippen molar-refractivity contribution < 1.29 is 61.9 Å². The van der Waals surface area contributed by atoms with Crippen LogP contribution in [0.1, 0.15) is 158 Å². The molecule has 0 aliphatic heterocycles. The Hall–Kier alpha value is -6.28. The number of thioether (sulfide) groups is 1. The van der Waals surface area contributed by atoms with Crippen LogP contribution in [0.15, 0.2) is 129 Å². The van der Waals surface area contributed by atoms with E-state index < -0.39 is 51.6 Å². The number of amides is 1. The fourth-order valence-electron chi connectivity index (χ4n) is 8.84. The van der Waals surface area contributed by atoms with Crippen molar-refractivity contribution in [1.82, 2.24) is 4.98 Å². The Bertz CT molecular complexity index is 3250. The fourth-order valence-corrected chi connectivity index (χ4v) is 10.7. The number of thiazole rings is 1. The Morgan fingerprint density at radius 3 is 2.35 bits per heavy atom. The second kappa shape index (κ2) is 30.5. The van der Waals surface area contributed by atoms with Gasteiger partial charge in [0, 0.05) is 39.9 Å². The molecule has 6 aromatic rings. The second-order valence-electron chi connectivity index (χ2n) is 19.2. The molecule has 1 saturated carbocycles. The molecule has 2 atom stereocenters. The van der Waals surface area contributed by atoms with E-state index in [0.717, 1.165) is 47.3 Å². The first-order valence-corrected chi connectivity index (χ1v) is 27.9. The van der Waals surface area contributed by atoms with Crippen molar-refractivity contribution in [2.45, 2.75) is 127 Å². The van der Waals surface area contributed by atoms with Gasteiger partial charge in [-0.1, -0.05) is 94.3 Å². The number of unbranched alkanes of at least 4 members (excludes halogenated alkanes) is 2. The predicted molar refractivity (Wildman–Crippen MR) is 310 cm³/mol. The van der Waals surface area contributed by atoms with E-state index in [-0.39, 0.29) is 75.5 Å². The van der Waals surface area contributed by atoms with Crippen molar-refractivity contribution in [1.29, 1.82) is 0 Å². The van der Waals surface area contributed by atoms with Gasteiger partial charge in [0.05, 0.1) is 45.6 Å². The number of fused-ring (bicyclic) bond motifs is 1. The van der Waals surface area contributed by atoms with Gasteiger partial charge in [0.15, 0.2) is 11.2 Å². The number of halogens is 3. The van der Waals surface area contributed by atoms with E-state index in [1.165, 1.54) is 62.2 Å². The SMILES string of the molecule is CCC(CC)(CC(=O)Nc1cccc(/C=C/c2nc(C3CCC3)cs2)c1)C(=O)O.CCCc1c(OCCCC/C=C\C=C\[C@H](Sc2ccc3c(=O)cc(C(=O)O)oc3c2)[C@H](O)c2ccccc2C(F)(F)F)ccc(C(C)=O)c1O.[NaH]. The summed E-state index contributed by atoms with van der Waals surface area (Å²) in [5.74, 6) is -2.27. The number of phenolic OH excluding ortho intramolecular Hbond substituents is 1. The van der Waals surface area contributed by atoms with E-state index in [9.17, 15) is 57.6 Å². The zero-order valence-electron chi connectivity index (χ0n) is 44.4. The molecule has 0 spiro atoms. The Morgan fingerprint density at radius 2 is 1.69 bits per heavy atom. The van der Waals surface area contributed by atoms with Crippen LogP contribution in [-0.2, 0) is 22.2 Å². The van der Waals surface area contributed by atoms with Crippen molar-refractivity contribution in [3.8, 4) is 11.5 Å². The summed E-state index contributed by atoms with van der Waals surface area (Å²) < 4.78 is 52.8. The van der Waals surface area contributed by atoms with Crippen LogP contribution in [0.3, 0.4) is 0 Å². The number of aliphatic carboxylic acids is 1. The molecule has 1 aliphatic rings. The van der Waals surface area contributed by atoms with Gasteiger partial charge in [-0.2, -0.15) is 13.2 Å². The van der Waals surface area contributed by atoms with Crippen LogP contribution in [0, 0.1) is 5.41 Å². The number of ketones is 1. The number of rotatable bonds is 25. The molecule has 2 heterocycles. The normalized spacial score (nSPS) is 13.6. The molecule has 0 radical (unpaired) electrons. The number of aromatic carboxylic acids is 1. The molecule has 0 saturated heterocycles. The fraction of sp³-hybridized carbons (Fsp3) is 0.344. The number of alkyl halides is 3. The first kappa shape index (κ1) is 64.5. The molecule has 1 fully saturated rings. The Balaban J connectivity index is 0.000000332. The molecule has 19 heteroatoms. The molecule has 0 unspecified atom stereocenters. The average Bonchev–Trinajstić information content (AvgIpc) is 3.93. The molecule has 80 heavy (non-hydrogen) atoms. The van der Waals surface area contributed by atoms with Crippen molar-refractivity contribution in [2.24, 2.45) is 5.41 Å². The molecular weight excluding hydrogens is 1080 g/mol. The van der Waals surface area contributed by atoms with Gasteiger partial charge < -0.3 is 34.9 Å². The maximum atomic E-state index is 13.8. The zero-order valence-corrected chi connectivity index (χ0v) is 46.0. The molecular formula is C61H66F3N2NaO11S2. The van der Waals surface area contributed by atoms with Gasteiger partial charge >= 0.3 is 47.7 Å². The number of aromatic hydroxyl groups is 1. The summed E-state index contributed by atoms with van der Waals surface area (Å²) in [5, 5.41) is 45.8. The third kappa shape index (κ3) is 17.6. The molecule has 420 valence electrons. The number of carbonyl (C=O) groups is 4. The summed E-state index contributed by atoms with van der Waals surface area (Å²) in [5.41, 5.74) is 0.842. The number of Topliss-reactive ketones (excluding diaryl/α,β-unsaturated/α-hetero) is 1. The number of nitrogens with one attached hydrogen (secondary N) is 1. The summed E-state index contributed by atoms with van der Waals surface area (Å²) in [7, 11) is 0. The first-order chi connectivity index (χ1) is 37.8. The number of hydrogen-bond donors (Lipinski definition) is 5. The molecule has 5 N–H and O–H groups in total. The van der Waals surface area contributed by atoms with Crippen LogP contribution in [0.25, 0.3) is 23.1 Å². The number of hydrogen-bond acceptors (Lipinski definition) is 12. The van der Waals surface area contributed by atoms with Crippen molar-refractivity contribution in [2.75, 3.05) is 11.9 Å². The number of aliphatic hydroxyl groups excluding tert-OH is 1. The summed E-state index contributed by atoms with van der Waals surface area (Å²) in [4.78, 5) is 64.7. The standard InChI is InChI=1S/C38H37F3O8S.C23H28N2O3S.Na.H/c1-3-12-28-31(19-18-25(23(2)42)35(28)44)48-20-11-7-5-4-6-8-15-34(36(45)26-13-9-10-14-29(26)38(39,40)41)50-24-16-17-27-30(43)22-33(37(46)47)49-32(27)21-24;1-3-23(4-2,22(27)28)14-20(26)24-18-10-5-7-16(13-18)11-12-21-25-19(15-29-21)17-8-6-9-17;;/h4,6,8-10,13-19,21-22,34,36,44-45H,3,5,7,11-12,20H2,1-2H3,(H,46,47);5,7,10-13,15,17H,3-4,6,8-9,14H2,1-2H3,(H,24,26)(H,27,28);;/b6-4-,15-8+;12-11+;;/t34-,36+;;;/m0.../s1. The Labute approximate surface area is 493 Å². The number of allylic oxidation sites excluding steroid dienone is 3. The van der Waals surface area contributed by atoms with Crippen LogP contribution in [-0.4, -0.2) is 90.5 Å². The van der Waals surface area contributed by atoms with Crippen molar-refractivity contribution in [3.63, 3.8) is 0 Å². The average molecular weight is 1150 g/mol. The monoisotopic (exact) mass is 1150 g/mol. The number of carboxylic acids is 2. The molecule has 4 aromatic carbocycles. The zero-order chi connectivity index (χ0) is 57.3. The van der Waals surface area contributed by atoms with Crippen LogP contribution >= 0.6 is 23.1 Å². The van der Waals surface area contributed by atoms with Crippen LogP contribution in [0.4, 0.5) is 18.9 Å². The summed E-state index contributed by atoms with van der Waals surface area (Å²) in [6.45, 7) is 7.38. The molecule has 7 rings (SSSR count). The number of benzene rings is 4. The number of nitrogens with zero attached hydrogens (tertiary/aromatic N) is 1. The Morgan fingerprint density at radius 1 is 0.938 bits per heavy atom. The van der Waals surface area contributed by atoms with Gasteiger partial charge in [0.25, 0.3) is 0 Å². The van der Waals surface area contributed by atoms with E-state index in [4.69, 9.17) is 14.1 Å². The third-order valence-electron chi connectivity index (χ3n) is 13.7. The number of carbonyl (C=O) groups excluding carboxylic acids is 2. The van der Waals surface area contributed by atoms with Crippen LogP contribution < -0.4 is 15.5 Å². The number of ether oxygens (including phenoxy) is 1. The molecule has 1 aliphatic carbocycles. The van der Waals surface area contributed by atoms with Gasteiger partial charge in [0.1, 0.15) is 22.1 Å². The van der Waals surface area contributed by atoms with Crippen LogP contribution in [0.5, 0.6) is 11.5 Å². The van der Waals surface area contributed by atoms with Gasteiger partial charge in [-0.3, -0.25) is 19.2 Å². The minimum atomic E-state index is -4.70. The number of carboxylic acid groups (broad SMARTS) is 2. The van der Waals surface area contributed by atoms with Crippen molar-refractivity contribution >= 4 is 105 Å². The van der Waals surface area contributed by atoms with E-state index in [1.807, 2.05) is 63.3 Å². The van der Waals surface area contributed by atoms with E-state index in [1.54, 1.807) is 47.8 Å². The topological polar surface area (TPSA) is 214 Å². The van der Waals surface area contributed by atoms with Gasteiger partial charge in [-0.05, 0) is 124 Å². The molecule has 0 bridgehead atoms. The number of aromatic nitrogens is 1. The van der Waals surface area contributed by atoms with E-state index in [0.29, 0.717) is 66.5 Å².